The van der Waals surface area contributed by atoms with Crippen LogP contribution < -0.4 is 0 Å². The van der Waals surface area contributed by atoms with Gasteiger partial charge in [0.15, 0.2) is 5.72 Å². The highest BCUT2D eigenvalue weighted by atomic mass is 35.5. The fourth-order valence-corrected chi connectivity index (χ4v) is 6.28. The number of carbonyl (C=O) groups excluding carboxylic acids is 1. The number of hydrogen-bond donors (Lipinski definition) is 1. The van der Waals surface area contributed by atoms with Crippen LogP contribution in [0.2, 0.25) is 10.0 Å². The topological polar surface area (TPSA) is 78.8 Å². The number of rotatable bonds is 7. The smallest absolute Gasteiger partial charge is 0.257 e. The number of methoxy groups -OCH3 is 1. The maximum Gasteiger partial charge on any atom is 0.257 e. The van der Waals surface area contributed by atoms with Crippen LogP contribution in [0.3, 0.4) is 0 Å². The van der Waals surface area contributed by atoms with Gasteiger partial charge in [0.2, 0.25) is 0 Å². The first-order valence-corrected chi connectivity index (χ1v) is 13.7. The molecular formula is C29H31Cl2FN4O3. The van der Waals surface area contributed by atoms with E-state index >= 15 is 4.39 Å². The molecule has 1 aromatic heterocycles. The minimum absolute atomic E-state index is 0.0605. The number of carbonyl (C=O) groups is 1. The molecule has 2 aliphatic rings. The molecule has 5 rings (SSSR count). The second kappa shape index (κ2) is 10.7. The zero-order chi connectivity index (χ0) is 27.9. The zero-order valence-electron chi connectivity index (χ0n) is 22.1. The molecule has 1 amide bonds. The molecule has 3 aromatic rings. The summed E-state index contributed by atoms with van der Waals surface area (Å²) in [7, 11) is 3.48. The van der Waals surface area contributed by atoms with E-state index in [-0.39, 0.29) is 23.6 Å². The van der Waals surface area contributed by atoms with Crippen LogP contribution in [-0.4, -0.2) is 58.0 Å². The minimum Gasteiger partial charge on any atom is -0.385 e. The largest absolute Gasteiger partial charge is 0.385 e. The molecule has 39 heavy (non-hydrogen) atoms. The molecule has 206 valence electrons. The average molecular weight is 573 g/mol. The van der Waals surface area contributed by atoms with Gasteiger partial charge in [-0.1, -0.05) is 42.3 Å². The SMILES string of the molecule is CC[C@@](O)(c1cc(F)c2c(c1)C(=O)N(Cc1ncc(Cl)cn1)[C@@]2(OC)c1ccc(Cl)cc1)C1CCN(C)CC1. The first kappa shape index (κ1) is 27.9. The third-order valence-electron chi connectivity index (χ3n) is 8.22. The van der Waals surface area contributed by atoms with Crippen molar-refractivity contribution in [3.05, 3.63) is 92.7 Å². The van der Waals surface area contributed by atoms with Crippen molar-refractivity contribution < 1.29 is 19.0 Å². The molecule has 1 saturated heterocycles. The molecule has 0 bridgehead atoms. The monoisotopic (exact) mass is 572 g/mol. The summed E-state index contributed by atoms with van der Waals surface area (Å²) in [6, 6.07) is 9.74. The van der Waals surface area contributed by atoms with E-state index in [9.17, 15) is 9.90 Å². The second-order valence-electron chi connectivity index (χ2n) is 10.3. The maximum absolute atomic E-state index is 16.4. The summed E-state index contributed by atoms with van der Waals surface area (Å²) in [5.41, 5.74) is -1.76. The summed E-state index contributed by atoms with van der Waals surface area (Å²) in [6.07, 6.45) is 4.83. The van der Waals surface area contributed by atoms with Crippen LogP contribution in [0.4, 0.5) is 4.39 Å². The Morgan fingerprint density at radius 2 is 1.77 bits per heavy atom. The van der Waals surface area contributed by atoms with Gasteiger partial charge in [0.25, 0.3) is 5.91 Å². The number of nitrogens with zero attached hydrogens (tertiary/aromatic N) is 4. The Hall–Kier alpha value is -2.62. The summed E-state index contributed by atoms with van der Waals surface area (Å²) < 4.78 is 22.4. The second-order valence-corrected chi connectivity index (χ2v) is 11.2. The van der Waals surface area contributed by atoms with Crippen LogP contribution in [0.25, 0.3) is 0 Å². The van der Waals surface area contributed by atoms with Crippen LogP contribution in [-0.2, 0) is 22.6 Å². The van der Waals surface area contributed by atoms with Crippen molar-refractivity contribution in [2.75, 3.05) is 27.2 Å². The molecule has 1 fully saturated rings. The summed E-state index contributed by atoms with van der Waals surface area (Å²) >= 11 is 12.1. The number of aromatic nitrogens is 2. The summed E-state index contributed by atoms with van der Waals surface area (Å²) in [5, 5.41) is 12.8. The van der Waals surface area contributed by atoms with E-state index < -0.39 is 23.1 Å². The third-order valence-corrected chi connectivity index (χ3v) is 8.67. The molecule has 10 heteroatoms. The highest BCUT2D eigenvalue weighted by molar-refractivity contribution is 6.30. The molecule has 7 nitrogen and oxygen atoms in total. The number of halogens is 3. The molecule has 0 spiro atoms. The van der Waals surface area contributed by atoms with E-state index in [4.69, 9.17) is 27.9 Å². The van der Waals surface area contributed by atoms with Crippen LogP contribution in [0.15, 0.2) is 48.8 Å². The lowest BCUT2D eigenvalue weighted by molar-refractivity contribution is -0.0891. The molecule has 0 radical (unpaired) electrons. The predicted octanol–water partition coefficient (Wildman–Crippen LogP) is 5.37. The molecule has 3 heterocycles. The van der Waals surface area contributed by atoms with E-state index in [2.05, 4.69) is 21.9 Å². The van der Waals surface area contributed by atoms with Crippen LogP contribution in [0.5, 0.6) is 0 Å². The lowest BCUT2D eigenvalue weighted by atomic mass is 9.73. The quantitative estimate of drug-likeness (QED) is 0.410. The average Bonchev–Trinajstić information content (AvgIpc) is 3.18. The van der Waals surface area contributed by atoms with Gasteiger partial charge in [0, 0.05) is 30.1 Å². The van der Waals surface area contributed by atoms with E-state index in [0.29, 0.717) is 33.4 Å². The van der Waals surface area contributed by atoms with Gasteiger partial charge in [-0.3, -0.25) is 9.69 Å². The Bertz CT molecular complexity index is 1370. The van der Waals surface area contributed by atoms with Gasteiger partial charge < -0.3 is 14.7 Å². The van der Waals surface area contributed by atoms with Crippen molar-refractivity contribution in [3.8, 4) is 0 Å². The molecule has 2 atom stereocenters. The van der Waals surface area contributed by atoms with Crippen LogP contribution in [0, 0.1) is 11.7 Å². The molecule has 2 aliphatic heterocycles. The summed E-state index contributed by atoms with van der Waals surface area (Å²) in [4.78, 5) is 26.2. The summed E-state index contributed by atoms with van der Waals surface area (Å²) in [5.74, 6) is -0.836. The molecule has 2 aromatic carbocycles. The number of likely N-dealkylation sites (tertiary alicyclic amines) is 1. The van der Waals surface area contributed by atoms with Crippen LogP contribution in [0.1, 0.15) is 59.1 Å². The molecule has 0 unspecified atom stereocenters. The van der Waals surface area contributed by atoms with Crippen LogP contribution >= 0.6 is 23.2 Å². The fraction of sp³-hybridized carbons (Fsp3) is 0.414. The Labute approximate surface area is 237 Å². The lowest BCUT2D eigenvalue weighted by Crippen LogP contribution is -2.46. The third kappa shape index (κ3) is 4.72. The van der Waals surface area contributed by atoms with Gasteiger partial charge in [-0.2, -0.15) is 0 Å². The highest BCUT2D eigenvalue weighted by Crippen LogP contribution is 2.49. The predicted molar refractivity (Wildman–Crippen MR) is 147 cm³/mol. The van der Waals surface area contributed by atoms with Gasteiger partial charge in [0.1, 0.15) is 11.6 Å². The van der Waals surface area contributed by atoms with Gasteiger partial charge in [0.05, 0.1) is 28.3 Å². The number of amides is 1. The van der Waals surface area contributed by atoms with Crippen molar-refractivity contribution in [2.24, 2.45) is 5.92 Å². The van der Waals surface area contributed by atoms with E-state index in [1.807, 2.05) is 6.92 Å². The van der Waals surface area contributed by atoms with E-state index in [0.717, 1.165) is 25.9 Å². The number of benzene rings is 2. The highest BCUT2D eigenvalue weighted by Gasteiger charge is 2.54. The molecule has 1 N–H and O–H groups in total. The standard InChI is InChI=1S/C29H31Cl2FN4O3/c1-4-28(38,18-9-11-35(2)12-10-18)20-13-23-26(24(32)14-20)29(39-3,19-5-7-21(30)8-6-19)36(27(23)37)17-25-33-15-22(31)16-34-25/h5-8,13-16,18,38H,4,9-12,17H2,1-3H3/t28-,29+/m0/s1. The van der Waals surface area contributed by atoms with Crippen molar-refractivity contribution in [3.63, 3.8) is 0 Å². The molecule has 0 saturated carbocycles. The van der Waals surface area contributed by atoms with Gasteiger partial charge in [-0.15, -0.1) is 0 Å². The fourth-order valence-electron chi connectivity index (χ4n) is 6.06. The van der Waals surface area contributed by atoms with Crippen molar-refractivity contribution in [1.82, 2.24) is 19.8 Å². The Morgan fingerprint density at radius 1 is 1.13 bits per heavy atom. The number of hydrogen-bond acceptors (Lipinski definition) is 6. The summed E-state index contributed by atoms with van der Waals surface area (Å²) in [6.45, 7) is 3.51. The van der Waals surface area contributed by atoms with Crippen molar-refractivity contribution >= 4 is 29.1 Å². The van der Waals surface area contributed by atoms with Gasteiger partial charge in [-0.05, 0) is 75.1 Å². The van der Waals surface area contributed by atoms with Crippen molar-refractivity contribution in [2.45, 2.75) is 44.1 Å². The van der Waals surface area contributed by atoms with Crippen molar-refractivity contribution in [1.29, 1.82) is 0 Å². The zero-order valence-corrected chi connectivity index (χ0v) is 23.6. The first-order chi connectivity index (χ1) is 18.6. The molecular weight excluding hydrogens is 542 g/mol. The first-order valence-electron chi connectivity index (χ1n) is 13.0. The molecule has 0 aliphatic carbocycles. The number of ether oxygens (including phenoxy) is 1. The Kier molecular flexibility index (Phi) is 7.70. The Morgan fingerprint density at radius 3 is 2.36 bits per heavy atom. The van der Waals surface area contributed by atoms with E-state index in [1.165, 1.54) is 30.5 Å². The normalized spacial score (nSPS) is 21.7. The van der Waals surface area contributed by atoms with E-state index in [1.54, 1.807) is 30.3 Å². The Balaban J connectivity index is 1.67. The number of aliphatic hydroxyl groups is 1. The lowest BCUT2D eigenvalue weighted by Gasteiger charge is -2.41. The number of fused-ring (bicyclic) bond motifs is 1. The maximum atomic E-state index is 16.4. The number of piperidine rings is 1. The minimum atomic E-state index is -1.61. The van der Waals surface area contributed by atoms with Gasteiger partial charge >= 0.3 is 0 Å². The van der Waals surface area contributed by atoms with Gasteiger partial charge in [-0.25, -0.2) is 14.4 Å².